The minimum absolute atomic E-state index is 0.0611. The number of nitrogens with one attached hydrogen (secondary N) is 1. The van der Waals surface area contributed by atoms with Gasteiger partial charge in [0, 0.05) is 24.3 Å². The molecular weight excluding hydrogens is 300 g/mol. The van der Waals surface area contributed by atoms with Crippen LogP contribution in [-0.2, 0) is 14.3 Å². The summed E-state index contributed by atoms with van der Waals surface area (Å²) in [6.45, 7) is 1.59. The molecule has 1 amide bonds. The van der Waals surface area contributed by atoms with Crippen LogP contribution < -0.4 is 5.32 Å². The lowest BCUT2D eigenvalue weighted by Crippen LogP contribution is -2.36. The summed E-state index contributed by atoms with van der Waals surface area (Å²) in [5.74, 6) is -0.476. The third kappa shape index (κ3) is 5.54. The number of benzene rings is 1. The number of nitro groups is 1. The Morgan fingerprint density at radius 3 is 2.87 bits per heavy atom. The smallest absolute Gasteiger partial charge is 0.331 e. The van der Waals surface area contributed by atoms with E-state index in [-0.39, 0.29) is 24.2 Å². The Morgan fingerprint density at radius 1 is 1.48 bits per heavy atom. The van der Waals surface area contributed by atoms with Gasteiger partial charge in [-0.1, -0.05) is 12.1 Å². The lowest BCUT2D eigenvalue weighted by atomic mass is 10.2. The average molecular weight is 318 g/mol. The maximum Gasteiger partial charge on any atom is 0.331 e. The van der Waals surface area contributed by atoms with E-state index in [0.29, 0.717) is 11.5 Å². The van der Waals surface area contributed by atoms with Gasteiger partial charge in [0.15, 0.2) is 6.61 Å². The van der Waals surface area contributed by atoms with Crippen molar-refractivity contribution in [2.24, 2.45) is 5.92 Å². The highest BCUT2D eigenvalue weighted by Crippen LogP contribution is 2.32. The normalized spacial score (nSPS) is 15.2. The number of ether oxygens (including phenoxy) is 1. The molecule has 1 fully saturated rings. The van der Waals surface area contributed by atoms with Gasteiger partial charge in [-0.05, 0) is 37.3 Å². The van der Waals surface area contributed by atoms with Gasteiger partial charge in [0.05, 0.1) is 4.92 Å². The maximum atomic E-state index is 11.6. The monoisotopic (exact) mass is 318 g/mol. The predicted molar refractivity (Wildman–Crippen MR) is 83.4 cm³/mol. The number of hydrogen-bond donors (Lipinski definition) is 1. The summed E-state index contributed by atoms with van der Waals surface area (Å²) in [6.07, 6.45) is 4.77. The number of carbonyl (C=O) groups is 2. The lowest BCUT2D eigenvalue weighted by Gasteiger charge is -2.12. The summed E-state index contributed by atoms with van der Waals surface area (Å²) in [5, 5.41) is 13.4. The Balaban J connectivity index is 1.78. The number of esters is 1. The predicted octanol–water partition coefficient (Wildman–Crippen LogP) is 2.07. The summed E-state index contributed by atoms with van der Waals surface area (Å²) >= 11 is 0. The molecule has 0 radical (unpaired) electrons. The Morgan fingerprint density at radius 2 is 2.22 bits per heavy atom. The summed E-state index contributed by atoms with van der Waals surface area (Å²) in [5.41, 5.74) is 0.442. The molecule has 1 aliphatic rings. The quantitative estimate of drug-likeness (QED) is 0.359. The van der Waals surface area contributed by atoms with Gasteiger partial charge in [-0.25, -0.2) is 4.79 Å². The van der Waals surface area contributed by atoms with Crippen LogP contribution in [0.25, 0.3) is 6.08 Å². The van der Waals surface area contributed by atoms with Crippen molar-refractivity contribution in [3.63, 3.8) is 0 Å². The van der Waals surface area contributed by atoms with Crippen molar-refractivity contribution in [3.8, 4) is 0 Å². The van der Waals surface area contributed by atoms with Crippen molar-refractivity contribution in [2.45, 2.75) is 25.8 Å². The standard InChI is InChI=1S/C16H18N2O5/c1-11(13-6-7-13)17-15(19)10-23-16(20)8-5-12-3-2-4-14(9-12)18(21)22/h2-5,8-9,11,13H,6-7,10H2,1H3,(H,17,19)/b8-5+/t11-/m1/s1. The number of carbonyl (C=O) groups excluding carboxylic acids is 2. The molecule has 0 bridgehead atoms. The minimum Gasteiger partial charge on any atom is -0.452 e. The molecule has 0 spiro atoms. The number of nitro benzene ring substituents is 1. The van der Waals surface area contributed by atoms with Crippen LogP contribution in [0.15, 0.2) is 30.3 Å². The molecule has 1 aromatic carbocycles. The van der Waals surface area contributed by atoms with Crippen LogP contribution in [0.4, 0.5) is 5.69 Å². The van der Waals surface area contributed by atoms with Crippen LogP contribution in [0.3, 0.4) is 0 Å². The zero-order chi connectivity index (χ0) is 16.8. The molecule has 7 nitrogen and oxygen atoms in total. The third-order valence-electron chi connectivity index (χ3n) is 3.56. The van der Waals surface area contributed by atoms with E-state index in [1.165, 1.54) is 24.3 Å². The van der Waals surface area contributed by atoms with E-state index in [0.717, 1.165) is 18.9 Å². The molecule has 7 heteroatoms. The van der Waals surface area contributed by atoms with Crippen LogP contribution in [0.5, 0.6) is 0 Å². The Bertz CT molecular complexity index is 637. The molecule has 122 valence electrons. The topological polar surface area (TPSA) is 98.5 Å². The van der Waals surface area contributed by atoms with Crippen LogP contribution in [0.1, 0.15) is 25.3 Å². The van der Waals surface area contributed by atoms with Crippen LogP contribution in [0, 0.1) is 16.0 Å². The highest BCUT2D eigenvalue weighted by atomic mass is 16.6. The first-order valence-corrected chi connectivity index (χ1v) is 7.34. The first kappa shape index (κ1) is 16.7. The van der Waals surface area contributed by atoms with Gasteiger partial charge in [0.25, 0.3) is 11.6 Å². The van der Waals surface area contributed by atoms with E-state index in [2.05, 4.69) is 5.32 Å². The van der Waals surface area contributed by atoms with Gasteiger partial charge in [0.2, 0.25) is 0 Å². The molecule has 0 saturated heterocycles. The molecule has 1 aromatic rings. The first-order chi connectivity index (χ1) is 11.0. The number of rotatable bonds is 7. The zero-order valence-corrected chi connectivity index (χ0v) is 12.7. The number of hydrogen-bond acceptors (Lipinski definition) is 5. The first-order valence-electron chi connectivity index (χ1n) is 7.34. The van der Waals surface area contributed by atoms with Gasteiger partial charge in [-0.2, -0.15) is 0 Å². The molecular formula is C16H18N2O5. The lowest BCUT2D eigenvalue weighted by molar-refractivity contribution is -0.384. The fourth-order valence-corrected chi connectivity index (χ4v) is 2.10. The molecule has 0 unspecified atom stereocenters. The van der Waals surface area contributed by atoms with Crippen LogP contribution >= 0.6 is 0 Å². The van der Waals surface area contributed by atoms with Crippen molar-refractivity contribution in [1.29, 1.82) is 0 Å². The molecule has 23 heavy (non-hydrogen) atoms. The maximum absolute atomic E-state index is 11.6. The largest absolute Gasteiger partial charge is 0.452 e. The van der Waals surface area contributed by atoms with Gasteiger partial charge >= 0.3 is 5.97 Å². The number of nitrogens with zero attached hydrogens (tertiary/aromatic N) is 1. The van der Waals surface area contributed by atoms with Gasteiger partial charge < -0.3 is 10.1 Å². The molecule has 0 aliphatic heterocycles. The number of non-ortho nitro benzene ring substituents is 1. The van der Waals surface area contributed by atoms with Crippen LogP contribution in [-0.4, -0.2) is 29.4 Å². The second kappa shape index (κ2) is 7.53. The molecule has 0 aromatic heterocycles. The highest BCUT2D eigenvalue weighted by molar-refractivity contribution is 5.89. The second-order valence-corrected chi connectivity index (χ2v) is 5.49. The van der Waals surface area contributed by atoms with Crippen molar-refractivity contribution in [3.05, 3.63) is 46.0 Å². The van der Waals surface area contributed by atoms with Crippen molar-refractivity contribution >= 4 is 23.6 Å². The van der Waals surface area contributed by atoms with Crippen molar-refractivity contribution < 1.29 is 19.2 Å². The SMILES string of the molecule is C[C@@H](NC(=O)COC(=O)/C=C/c1cccc([N+](=O)[O-])c1)C1CC1. The summed E-state index contributed by atoms with van der Waals surface area (Å²) < 4.78 is 4.83. The molecule has 1 N–H and O–H groups in total. The summed E-state index contributed by atoms with van der Waals surface area (Å²) in [4.78, 5) is 33.3. The Labute approximate surface area is 133 Å². The van der Waals surface area contributed by atoms with Crippen LogP contribution in [0.2, 0.25) is 0 Å². The molecule has 1 atom stereocenters. The zero-order valence-electron chi connectivity index (χ0n) is 12.7. The van der Waals surface area contributed by atoms with E-state index in [9.17, 15) is 19.7 Å². The van der Waals surface area contributed by atoms with E-state index in [1.807, 2.05) is 6.92 Å². The number of amides is 1. The van der Waals surface area contributed by atoms with E-state index in [4.69, 9.17) is 4.74 Å². The van der Waals surface area contributed by atoms with E-state index < -0.39 is 10.9 Å². The van der Waals surface area contributed by atoms with Crippen molar-refractivity contribution in [1.82, 2.24) is 5.32 Å². The highest BCUT2D eigenvalue weighted by Gasteiger charge is 2.28. The van der Waals surface area contributed by atoms with Gasteiger partial charge in [-0.3, -0.25) is 14.9 Å². The minimum atomic E-state index is -0.675. The third-order valence-corrected chi connectivity index (χ3v) is 3.56. The Kier molecular flexibility index (Phi) is 5.46. The average Bonchev–Trinajstić information content (AvgIpc) is 3.36. The second-order valence-electron chi connectivity index (χ2n) is 5.49. The van der Waals surface area contributed by atoms with E-state index in [1.54, 1.807) is 6.07 Å². The van der Waals surface area contributed by atoms with Gasteiger partial charge in [0.1, 0.15) is 0 Å². The fourth-order valence-electron chi connectivity index (χ4n) is 2.10. The Hall–Kier alpha value is -2.70. The summed E-state index contributed by atoms with van der Waals surface area (Å²) in [7, 11) is 0. The molecule has 0 heterocycles. The fraction of sp³-hybridized carbons (Fsp3) is 0.375. The summed E-state index contributed by atoms with van der Waals surface area (Å²) in [6, 6.07) is 5.95. The van der Waals surface area contributed by atoms with E-state index >= 15 is 0 Å². The van der Waals surface area contributed by atoms with Crippen molar-refractivity contribution in [2.75, 3.05) is 6.61 Å². The molecule has 1 saturated carbocycles. The van der Waals surface area contributed by atoms with Gasteiger partial charge in [-0.15, -0.1) is 0 Å². The molecule has 2 rings (SSSR count). The molecule has 1 aliphatic carbocycles.